The molecular weight excluding hydrogens is 1460 g/mol. The molecule has 120 heavy (non-hydrogen) atoms. The summed E-state index contributed by atoms with van der Waals surface area (Å²) in [7, 11) is 0. The quantitative estimate of drug-likeness (QED) is 0.0819. The summed E-state index contributed by atoms with van der Waals surface area (Å²) in [6.07, 6.45) is 5.45. The standard InChI is InChI=1S/2C55H37N5/c1-4-13-38(14-5-1)40-24-30-44(31-25-40)51-37-52(60-55(59-51)46-17-8-3-9-18-46)45-32-26-42(27-33-45)41-22-28-43(29-23-41)48-20-12-21-50(57-48)54-36-47(39-15-6-2-7-16-39)35-53(58-54)49-19-10-11-34-56-49;1-4-12-38(13-5-1)40-23-27-44(28-24-40)50-37-51(60-55(59-50)46-16-8-3-9-17-46)45-29-25-42(26-30-45)41-19-21-43(22-20-41)47-31-33-57-52(34-47)54-36-48(39-14-6-2-7-15-39)35-53(58-54)49-18-10-11-32-56-49/h2*1-37H. The van der Waals surface area contributed by atoms with Crippen LogP contribution in [0.5, 0.6) is 0 Å². The van der Waals surface area contributed by atoms with Gasteiger partial charge in [-0.1, -0.05) is 346 Å². The zero-order valence-electron chi connectivity index (χ0n) is 65.2. The molecule has 0 bridgehead atoms. The van der Waals surface area contributed by atoms with Crippen LogP contribution in [0.25, 0.3) is 203 Å². The van der Waals surface area contributed by atoms with Crippen LogP contribution in [0.3, 0.4) is 0 Å². The average molecular weight is 1540 g/mol. The molecule has 10 heteroatoms. The van der Waals surface area contributed by atoms with E-state index >= 15 is 0 Å². The van der Waals surface area contributed by atoms with Gasteiger partial charge in [-0.25, -0.2) is 34.9 Å². The lowest BCUT2D eigenvalue weighted by Crippen LogP contribution is -1.96. The zero-order chi connectivity index (χ0) is 80.2. The van der Waals surface area contributed by atoms with Gasteiger partial charge in [0.25, 0.3) is 0 Å². The van der Waals surface area contributed by atoms with Gasteiger partial charge in [-0.3, -0.25) is 15.0 Å². The van der Waals surface area contributed by atoms with Gasteiger partial charge >= 0.3 is 0 Å². The van der Waals surface area contributed by atoms with Gasteiger partial charge in [-0.2, -0.15) is 0 Å². The molecule has 20 aromatic rings. The summed E-state index contributed by atoms with van der Waals surface area (Å²) < 4.78 is 0. The van der Waals surface area contributed by atoms with E-state index in [1.54, 1.807) is 12.4 Å². The van der Waals surface area contributed by atoms with Gasteiger partial charge < -0.3 is 0 Å². The molecule has 0 saturated heterocycles. The molecule has 0 saturated carbocycles. The molecule has 20 rings (SSSR count). The normalized spacial score (nSPS) is 11.0. The van der Waals surface area contributed by atoms with E-state index in [4.69, 9.17) is 39.9 Å². The Morgan fingerprint density at radius 1 is 0.100 bits per heavy atom. The number of hydrogen-bond acceptors (Lipinski definition) is 10. The van der Waals surface area contributed by atoms with E-state index in [1.165, 1.54) is 22.3 Å². The third kappa shape index (κ3) is 16.8. The van der Waals surface area contributed by atoms with E-state index in [2.05, 4.69) is 319 Å². The Balaban J connectivity index is 0.000000159. The summed E-state index contributed by atoms with van der Waals surface area (Å²) in [4.78, 5) is 49.3. The van der Waals surface area contributed by atoms with E-state index in [9.17, 15) is 0 Å². The van der Waals surface area contributed by atoms with Crippen molar-refractivity contribution in [2.45, 2.75) is 0 Å². The number of pyridine rings is 6. The van der Waals surface area contributed by atoms with Gasteiger partial charge in [-0.05, 0) is 163 Å². The second kappa shape index (κ2) is 34.4. The van der Waals surface area contributed by atoms with Gasteiger partial charge in [0, 0.05) is 57.5 Å². The lowest BCUT2D eigenvalue weighted by Gasteiger charge is -2.11. The first-order chi connectivity index (χ1) is 59.4. The molecule has 0 N–H and O–H groups in total. The molecule has 8 aromatic heterocycles. The highest BCUT2D eigenvalue weighted by molar-refractivity contribution is 5.83. The molecule has 0 atom stereocenters. The van der Waals surface area contributed by atoms with Crippen molar-refractivity contribution in [3.05, 3.63) is 449 Å². The second-order valence-electron chi connectivity index (χ2n) is 29.1. The minimum Gasteiger partial charge on any atom is -0.255 e. The molecular formula is C110H74N10. The van der Waals surface area contributed by atoms with E-state index in [-0.39, 0.29) is 0 Å². The topological polar surface area (TPSA) is 129 Å². The van der Waals surface area contributed by atoms with E-state index in [0.29, 0.717) is 11.6 Å². The highest BCUT2D eigenvalue weighted by Gasteiger charge is 2.19. The molecule has 0 aliphatic heterocycles. The third-order valence-electron chi connectivity index (χ3n) is 21.3. The fourth-order valence-electron chi connectivity index (χ4n) is 14.9. The molecule has 0 amide bonds. The molecule has 0 radical (unpaired) electrons. The molecule has 10 nitrogen and oxygen atoms in total. The first kappa shape index (κ1) is 73.8. The summed E-state index contributed by atoms with van der Waals surface area (Å²) in [5.74, 6) is 1.39. The van der Waals surface area contributed by atoms with Crippen LogP contribution in [0, 0.1) is 0 Å². The maximum Gasteiger partial charge on any atom is 0.160 e. The molecule has 0 aliphatic rings. The van der Waals surface area contributed by atoms with E-state index in [1.807, 2.05) is 128 Å². The van der Waals surface area contributed by atoms with Crippen LogP contribution < -0.4 is 0 Å². The van der Waals surface area contributed by atoms with Crippen molar-refractivity contribution in [3.63, 3.8) is 0 Å². The van der Waals surface area contributed by atoms with Crippen molar-refractivity contribution in [3.8, 4) is 203 Å². The van der Waals surface area contributed by atoms with Crippen LogP contribution in [-0.2, 0) is 0 Å². The lowest BCUT2D eigenvalue weighted by molar-refractivity contribution is 1.18. The van der Waals surface area contributed by atoms with Crippen molar-refractivity contribution in [2.24, 2.45) is 0 Å². The Morgan fingerprint density at radius 3 is 0.650 bits per heavy atom. The largest absolute Gasteiger partial charge is 0.255 e. The fraction of sp³-hybridized carbons (Fsp3) is 0. The van der Waals surface area contributed by atoms with E-state index < -0.39 is 0 Å². The minimum atomic E-state index is 0.695. The molecule has 8 heterocycles. The fourth-order valence-corrected chi connectivity index (χ4v) is 14.9. The molecule has 12 aromatic carbocycles. The van der Waals surface area contributed by atoms with Gasteiger partial charge in [0.05, 0.1) is 74.0 Å². The molecule has 0 aliphatic carbocycles. The van der Waals surface area contributed by atoms with Crippen LogP contribution >= 0.6 is 0 Å². The molecule has 0 spiro atoms. The SMILES string of the molecule is c1ccc(-c2ccc(-c3cc(-c4ccc(-c5ccc(-c6cccc(-c7cc(-c8ccccc8)cc(-c8ccccn8)n7)n6)cc5)cc4)nc(-c4ccccc4)n3)cc2)cc1.c1ccc(-c2ccc(-c3cc(-c4ccc(-c5ccc(-c6ccnc(-c7cc(-c8ccccc8)cc(-c8ccccn8)n7)c6)cc5)cc4)nc(-c4ccccc4)n3)cc2)cc1. The van der Waals surface area contributed by atoms with Gasteiger partial charge in [0.1, 0.15) is 0 Å². The predicted molar refractivity (Wildman–Crippen MR) is 489 cm³/mol. The van der Waals surface area contributed by atoms with Crippen LogP contribution in [0.2, 0.25) is 0 Å². The first-order valence-electron chi connectivity index (χ1n) is 40.0. The summed E-state index contributed by atoms with van der Waals surface area (Å²) in [5, 5.41) is 0. The molecule has 564 valence electrons. The Hall–Kier alpha value is -16.3. The second-order valence-corrected chi connectivity index (χ2v) is 29.1. The third-order valence-corrected chi connectivity index (χ3v) is 21.3. The highest BCUT2D eigenvalue weighted by Crippen LogP contribution is 2.38. The zero-order valence-corrected chi connectivity index (χ0v) is 65.2. The van der Waals surface area contributed by atoms with Crippen molar-refractivity contribution in [1.82, 2.24) is 49.8 Å². The van der Waals surface area contributed by atoms with Crippen LogP contribution in [0.1, 0.15) is 0 Å². The highest BCUT2D eigenvalue weighted by atomic mass is 14.9. The Kier molecular flexibility index (Phi) is 21.2. The van der Waals surface area contributed by atoms with Crippen LogP contribution in [-0.4, -0.2) is 49.8 Å². The van der Waals surface area contributed by atoms with Crippen LogP contribution in [0.15, 0.2) is 449 Å². The number of aromatic nitrogens is 10. The Labute approximate surface area is 697 Å². The summed E-state index contributed by atoms with van der Waals surface area (Å²) in [6, 6.07) is 148. The van der Waals surface area contributed by atoms with Gasteiger partial charge in [-0.15, -0.1) is 0 Å². The maximum absolute atomic E-state index is 5.11. The monoisotopic (exact) mass is 1530 g/mol. The van der Waals surface area contributed by atoms with Gasteiger partial charge in [0.2, 0.25) is 0 Å². The van der Waals surface area contributed by atoms with Gasteiger partial charge in [0.15, 0.2) is 11.6 Å². The van der Waals surface area contributed by atoms with Crippen molar-refractivity contribution in [2.75, 3.05) is 0 Å². The number of benzene rings is 12. The summed E-state index contributed by atoms with van der Waals surface area (Å²) >= 11 is 0. The summed E-state index contributed by atoms with van der Waals surface area (Å²) in [5.41, 5.74) is 33.7. The average Bonchev–Trinajstić information content (AvgIpc) is 0.721. The van der Waals surface area contributed by atoms with Crippen molar-refractivity contribution in [1.29, 1.82) is 0 Å². The number of nitrogens with zero attached hydrogens (tertiary/aromatic N) is 10. The summed E-state index contributed by atoms with van der Waals surface area (Å²) in [6.45, 7) is 0. The predicted octanol–water partition coefficient (Wildman–Crippen LogP) is 27.3. The minimum absolute atomic E-state index is 0.695. The lowest BCUT2D eigenvalue weighted by atomic mass is 9.98. The van der Waals surface area contributed by atoms with Crippen molar-refractivity contribution >= 4 is 0 Å². The van der Waals surface area contributed by atoms with Crippen LogP contribution in [0.4, 0.5) is 0 Å². The first-order valence-corrected chi connectivity index (χ1v) is 40.0. The maximum atomic E-state index is 5.11. The molecule has 0 unspecified atom stereocenters. The van der Waals surface area contributed by atoms with E-state index in [0.717, 1.165) is 169 Å². The molecule has 0 fully saturated rings. The Bertz CT molecular complexity index is 6360. The smallest absolute Gasteiger partial charge is 0.160 e. The Morgan fingerprint density at radius 2 is 0.325 bits per heavy atom. The number of rotatable bonds is 18. The number of hydrogen-bond donors (Lipinski definition) is 0. The van der Waals surface area contributed by atoms with Crippen molar-refractivity contribution < 1.29 is 0 Å².